The van der Waals surface area contributed by atoms with E-state index >= 15 is 0 Å². The van der Waals surface area contributed by atoms with E-state index in [0.717, 1.165) is 23.6 Å². The summed E-state index contributed by atoms with van der Waals surface area (Å²) in [4.78, 5) is 12.4. The lowest BCUT2D eigenvalue weighted by Crippen LogP contribution is -2.43. The quantitative estimate of drug-likeness (QED) is 0.832. The predicted octanol–water partition coefficient (Wildman–Crippen LogP) is 3.73. The summed E-state index contributed by atoms with van der Waals surface area (Å²) < 4.78 is 0. The lowest BCUT2D eigenvalue weighted by Gasteiger charge is -2.26. The van der Waals surface area contributed by atoms with Crippen LogP contribution < -0.4 is 11.1 Å². The molecule has 0 bridgehead atoms. The molecule has 2 rings (SSSR count). The van der Waals surface area contributed by atoms with Crippen molar-refractivity contribution in [2.45, 2.75) is 39.2 Å². The van der Waals surface area contributed by atoms with E-state index in [4.69, 9.17) is 5.73 Å². The van der Waals surface area contributed by atoms with Gasteiger partial charge < -0.3 is 11.1 Å². The monoisotopic (exact) mass is 270 g/mol. The highest BCUT2D eigenvalue weighted by molar-refractivity contribution is 6.04. The molecule has 3 nitrogen and oxygen atoms in total. The Hall–Kier alpha value is -2.03. The van der Waals surface area contributed by atoms with Crippen molar-refractivity contribution < 1.29 is 4.79 Å². The first-order valence-electron chi connectivity index (χ1n) is 7.04. The van der Waals surface area contributed by atoms with E-state index in [1.807, 2.05) is 50.2 Å². The van der Waals surface area contributed by atoms with Gasteiger partial charge >= 0.3 is 0 Å². The standard InChI is InChI=1S/C17H22N2O/c1-4-9-17(2,3)19-16(20)14-10-12-7-5-6-8-13(12)11-15(14)18/h5-8,10-11H,4,9,18H2,1-3H3,(H,19,20). The van der Waals surface area contributed by atoms with Gasteiger partial charge in [0.25, 0.3) is 5.91 Å². The molecule has 2 aromatic carbocycles. The van der Waals surface area contributed by atoms with Crippen LogP contribution in [0.5, 0.6) is 0 Å². The number of nitrogen functional groups attached to an aromatic ring is 1. The van der Waals surface area contributed by atoms with Crippen LogP contribution in [-0.2, 0) is 0 Å². The van der Waals surface area contributed by atoms with E-state index in [2.05, 4.69) is 12.2 Å². The fourth-order valence-corrected chi connectivity index (χ4v) is 2.52. The van der Waals surface area contributed by atoms with Crippen LogP contribution in [-0.4, -0.2) is 11.4 Å². The number of carbonyl (C=O) groups is 1. The molecular formula is C17H22N2O. The van der Waals surface area contributed by atoms with Crippen LogP contribution >= 0.6 is 0 Å². The molecule has 3 heteroatoms. The Balaban J connectivity index is 2.32. The fourth-order valence-electron chi connectivity index (χ4n) is 2.52. The maximum Gasteiger partial charge on any atom is 0.253 e. The number of amides is 1. The van der Waals surface area contributed by atoms with Gasteiger partial charge in [-0.3, -0.25) is 4.79 Å². The molecular weight excluding hydrogens is 248 g/mol. The Bertz CT molecular complexity index is 632. The summed E-state index contributed by atoms with van der Waals surface area (Å²) in [6.45, 7) is 6.18. The third kappa shape index (κ3) is 3.10. The number of nitrogens with one attached hydrogen (secondary N) is 1. The number of benzene rings is 2. The fraction of sp³-hybridized carbons (Fsp3) is 0.353. The summed E-state index contributed by atoms with van der Waals surface area (Å²) in [5.74, 6) is -0.105. The third-order valence-corrected chi connectivity index (χ3v) is 3.49. The second-order valence-corrected chi connectivity index (χ2v) is 5.87. The number of anilines is 1. The molecule has 0 saturated heterocycles. The number of carbonyl (C=O) groups excluding carboxylic acids is 1. The number of rotatable bonds is 4. The summed E-state index contributed by atoms with van der Waals surface area (Å²) in [6.07, 6.45) is 1.96. The van der Waals surface area contributed by atoms with E-state index in [9.17, 15) is 4.79 Å². The average Bonchev–Trinajstić information content (AvgIpc) is 2.37. The molecule has 0 aliphatic carbocycles. The number of hydrogen-bond donors (Lipinski definition) is 2. The van der Waals surface area contributed by atoms with Gasteiger partial charge in [0.2, 0.25) is 0 Å². The molecule has 2 aromatic rings. The molecule has 0 atom stereocenters. The second-order valence-electron chi connectivity index (χ2n) is 5.87. The Morgan fingerprint density at radius 1 is 1.20 bits per heavy atom. The number of fused-ring (bicyclic) bond motifs is 1. The topological polar surface area (TPSA) is 55.1 Å². The first kappa shape index (κ1) is 14.4. The van der Waals surface area contributed by atoms with Gasteiger partial charge in [-0.15, -0.1) is 0 Å². The van der Waals surface area contributed by atoms with Crippen LogP contribution in [0, 0.1) is 0 Å². The van der Waals surface area contributed by atoms with Crippen molar-refractivity contribution in [1.82, 2.24) is 5.32 Å². The van der Waals surface area contributed by atoms with Crippen LogP contribution in [0.4, 0.5) is 5.69 Å². The van der Waals surface area contributed by atoms with Crippen molar-refractivity contribution >= 4 is 22.4 Å². The van der Waals surface area contributed by atoms with Gasteiger partial charge in [0.1, 0.15) is 0 Å². The van der Waals surface area contributed by atoms with Crippen molar-refractivity contribution in [3.8, 4) is 0 Å². The van der Waals surface area contributed by atoms with Crippen LogP contribution in [0.1, 0.15) is 44.0 Å². The molecule has 0 aliphatic rings. The summed E-state index contributed by atoms with van der Waals surface area (Å²) >= 11 is 0. The second kappa shape index (κ2) is 5.53. The zero-order valence-electron chi connectivity index (χ0n) is 12.4. The predicted molar refractivity (Wildman–Crippen MR) is 84.8 cm³/mol. The smallest absolute Gasteiger partial charge is 0.253 e. The first-order chi connectivity index (χ1) is 9.43. The van der Waals surface area contributed by atoms with E-state index in [0.29, 0.717) is 11.3 Å². The van der Waals surface area contributed by atoms with Crippen molar-refractivity contribution in [3.05, 3.63) is 42.0 Å². The lowest BCUT2D eigenvalue weighted by atomic mass is 9.97. The minimum absolute atomic E-state index is 0.105. The van der Waals surface area contributed by atoms with Crippen molar-refractivity contribution in [2.24, 2.45) is 0 Å². The molecule has 0 heterocycles. The molecule has 0 saturated carbocycles. The first-order valence-corrected chi connectivity index (χ1v) is 7.04. The van der Waals surface area contributed by atoms with E-state index in [1.54, 1.807) is 0 Å². The molecule has 0 aromatic heterocycles. The van der Waals surface area contributed by atoms with E-state index in [-0.39, 0.29) is 11.4 Å². The maximum atomic E-state index is 12.4. The SMILES string of the molecule is CCCC(C)(C)NC(=O)c1cc2ccccc2cc1N. The average molecular weight is 270 g/mol. The van der Waals surface area contributed by atoms with Crippen molar-refractivity contribution in [2.75, 3.05) is 5.73 Å². The Morgan fingerprint density at radius 3 is 2.40 bits per heavy atom. The molecule has 0 spiro atoms. The highest BCUT2D eigenvalue weighted by Crippen LogP contribution is 2.23. The molecule has 0 aliphatic heterocycles. The maximum absolute atomic E-state index is 12.4. The lowest BCUT2D eigenvalue weighted by molar-refractivity contribution is 0.0910. The van der Waals surface area contributed by atoms with Gasteiger partial charge in [-0.1, -0.05) is 37.6 Å². The molecule has 0 unspecified atom stereocenters. The highest BCUT2D eigenvalue weighted by atomic mass is 16.1. The van der Waals surface area contributed by atoms with Gasteiger partial charge in [0, 0.05) is 11.2 Å². The minimum Gasteiger partial charge on any atom is -0.398 e. The summed E-state index contributed by atoms with van der Waals surface area (Å²) in [5.41, 5.74) is 6.87. The van der Waals surface area contributed by atoms with Crippen LogP contribution in [0.15, 0.2) is 36.4 Å². The summed E-state index contributed by atoms with van der Waals surface area (Å²) in [7, 11) is 0. The van der Waals surface area contributed by atoms with Crippen LogP contribution in [0.2, 0.25) is 0 Å². The van der Waals surface area contributed by atoms with E-state index < -0.39 is 0 Å². The molecule has 0 fully saturated rings. The normalized spacial score (nSPS) is 11.6. The number of hydrogen-bond acceptors (Lipinski definition) is 2. The molecule has 0 radical (unpaired) electrons. The van der Waals surface area contributed by atoms with Crippen LogP contribution in [0.3, 0.4) is 0 Å². The van der Waals surface area contributed by atoms with Crippen molar-refractivity contribution in [1.29, 1.82) is 0 Å². The highest BCUT2D eigenvalue weighted by Gasteiger charge is 2.21. The summed E-state index contributed by atoms with van der Waals surface area (Å²) in [6, 6.07) is 11.6. The molecule has 20 heavy (non-hydrogen) atoms. The van der Waals surface area contributed by atoms with Gasteiger partial charge in [-0.05, 0) is 43.2 Å². The third-order valence-electron chi connectivity index (χ3n) is 3.49. The number of nitrogens with two attached hydrogens (primary N) is 1. The van der Waals surface area contributed by atoms with Gasteiger partial charge in [0.05, 0.1) is 5.56 Å². The Kier molecular flexibility index (Phi) is 3.98. The van der Waals surface area contributed by atoms with E-state index in [1.165, 1.54) is 0 Å². The molecule has 3 N–H and O–H groups in total. The van der Waals surface area contributed by atoms with Crippen LogP contribution in [0.25, 0.3) is 10.8 Å². The zero-order valence-corrected chi connectivity index (χ0v) is 12.4. The zero-order chi connectivity index (χ0) is 14.8. The Morgan fingerprint density at radius 2 is 1.80 bits per heavy atom. The largest absolute Gasteiger partial charge is 0.398 e. The molecule has 1 amide bonds. The van der Waals surface area contributed by atoms with Gasteiger partial charge in [-0.25, -0.2) is 0 Å². The Labute approximate surface area is 120 Å². The van der Waals surface area contributed by atoms with Crippen molar-refractivity contribution in [3.63, 3.8) is 0 Å². The molecule has 106 valence electrons. The van der Waals surface area contributed by atoms with Gasteiger partial charge in [-0.2, -0.15) is 0 Å². The van der Waals surface area contributed by atoms with Gasteiger partial charge in [0.15, 0.2) is 0 Å². The summed E-state index contributed by atoms with van der Waals surface area (Å²) in [5, 5.41) is 5.14. The minimum atomic E-state index is -0.218.